The van der Waals surface area contributed by atoms with Crippen molar-refractivity contribution in [3.05, 3.63) is 52.0 Å². The highest BCUT2D eigenvalue weighted by Gasteiger charge is 2.23. The van der Waals surface area contributed by atoms with Crippen molar-refractivity contribution >= 4 is 22.6 Å². The van der Waals surface area contributed by atoms with Crippen molar-refractivity contribution in [1.82, 2.24) is 15.1 Å². The molecule has 1 N–H and O–H groups in total. The van der Waals surface area contributed by atoms with E-state index in [-0.39, 0.29) is 17.2 Å². The highest BCUT2D eigenvalue weighted by Crippen LogP contribution is 2.19. The fourth-order valence-corrected chi connectivity index (χ4v) is 3.49. The van der Waals surface area contributed by atoms with Gasteiger partial charge in [-0.2, -0.15) is 5.10 Å². The first-order valence-corrected chi connectivity index (χ1v) is 10.2. The van der Waals surface area contributed by atoms with E-state index < -0.39 is 12.1 Å². The van der Waals surface area contributed by atoms with Crippen molar-refractivity contribution in [2.75, 3.05) is 6.54 Å². The van der Waals surface area contributed by atoms with Gasteiger partial charge in [-0.15, -0.1) is 0 Å². The number of ether oxygens (including phenoxy) is 1. The minimum atomic E-state index is -0.953. The lowest BCUT2D eigenvalue weighted by atomic mass is 9.97. The van der Waals surface area contributed by atoms with Crippen molar-refractivity contribution in [2.24, 2.45) is 0 Å². The van der Waals surface area contributed by atoms with E-state index in [9.17, 15) is 14.4 Å². The summed E-state index contributed by atoms with van der Waals surface area (Å²) in [5.41, 5.74) is 1.15. The van der Waals surface area contributed by atoms with Crippen LogP contribution in [0.4, 0.5) is 0 Å². The summed E-state index contributed by atoms with van der Waals surface area (Å²) in [5, 5.41) is 7.79. The number of amides is 1. The SMILES string of the molecule is CCn1nc(C(=O)O[C@@H](C)C(=O)NCCC2=CCCCC2)c2ccccc2c1=O. The Morgan fingerprint density at radius 2 is 2.00 bits per heavy atom. The zero-order chi connectivity index (χ0) is 20.8. The topological polar surface area (TPSA) is 90.3 Å². The van der Waals surface area contributed by atoms with Gasteiger partial charge in [0.2, 0.25) is 0 Å². The van der Waals surface area contributed by atoms with Crippen LogP contribution in [0.5, 0.6) is 0 Å². The van der Waals surface area contributed by atoms with Gasteiger partial charge in [0, 0.05) is 18.5 Å². The maximum Gasteiger partial charge on any atom is 0.360 e. The average molecular weight is 397 g/mol. The second-order valence-electron chi connectivity index (χ2n) is 7.21. The maximum atomic E-state index is 12.7. The number of esters is 1. The molecule has 7 heteroatoms. The van der Waals surface area contributed by atoms with Crippen LogP contribution < -0.4 is 10.9 Å². The number of nitrogens with zero attached hydrogens (tertiary/aromatic N) is 2. The zero-order valence-corrected chi connectivity index (χ0v) is 16.9. The summed E-state index contributed by atoms with van der Waals surface area (Å²) >= 11 is 0. The fourth-order valence-electron chi connectivity index (χ4n) is 3.49. The van der Waals surface area contributed by atoms with Crippen molar-refractivity contribution < 1.29 is 14.3 Å². The maximum absolute atomic E-state index is 12.7. The van der Waals surface area contributed by atoms with Crippen molar-refractivity contribution in [1.29, 1.82) is 0 Å². The zero-order valence-electron chi connectivity index (χ0n) is 16.9. The van der Waals surface area contributed by atoms with E-state index in [2.05, 4.69) is 16.5 Å². The van der Waals surface area contributed by atoms with E-state index in [1.807, 2.05) is 0 Å². The third kappa shape index (κ3) is 4.91. The lowest BCUT2D eigenvalue weighted by molar-refractivity contribution is -0.129. The predicted molar refractivity (Wildman–Crippen MR) is 111 cm³/mol. The van der Waals surface area contributed by atoms with Crippen LogP contribution in [0, 0.1) is 0 Å². The van der Waals surface area contributed by atoms with Crippen molar-refractivity contribution in [3.63, 3.8) is 0 Å². The molecule has 0 aliphatic heterocycles. The fraction of sp³-hybridized carbons (Fsp3) is 0.455. The number of benzene rings is 1. The van der Waals surface area contributed by atoms with E-state index in [1.165, 1.54) is 30.0 Å². The number of nitrogens with one attached hydrogen (secondary N) is 1. The highest BCUT2D eigenvalue weighted by molar-refractivity contribution is 6.02. The largest absolute Gasteiger partial charge is 0.448 e. The van der Waals surface area contributed by atoms with E-state index in [4.69, 9.17) is 4.74 Å². The normalized spacial score (nSPS) is 14.9. The molecule has 0 fully saturated rings. The number of allylic oxidation sites excluding steroid dienone is 1. The van der Waals surface area contributed by atoms with Gasteiger partial charge in [0.25, 0.3) is 11.5 Å². The van der Waals surface area contributed by atoms with Gasteiger partial charge >= 0.3 is 5.97 Å². The Hall–Kier alpha value is -2.96. The molecular formula is C22H27N3O4. The Kier molecular flexibility index (Phi) is 6.80. The molecule has 1 heterocycles. The average Bonchev–Trinajstić information content (AvgIpc) is 2.74. The molecule has 1 aliphatic rings. The Morgan fingerprint density at radius 1 is 1.24 bits per heavy atom. The Morgan fingerprint density at radius 3 is 2.69 bits per heavy atom. The molecule has 0 bridgehead atoms. The molecule has 1 aromatic heterocycles. The molecule has 1 aromatic carbocycles. The van der Waals surface area contributed by atoms with Gasteiger partial charge in [-0.05, 0) is 52.0 Å². The summed E-state index contributed by atoms with van der Waals surface area (Å²) in [7, 11) is 0. The molecule has 0 saturated heterocycles. The minimum absolute atomic E-state index is 0.0362. The van der Waals surface area contributed by atoms with E-state index in [1.54, 1.807) is 31.2 Å². The molecule has 29 heavy (non-hydrogen) atoms. The van der Waals surface area contributed by atoms with Crippen LogP contribution in [-0.4, -0.2) is 34.3 Å². The monoisotopic (exact) mass is 397 g/mol. The minimum Gasteiger partial charge on any atom is -0.448 e. The number of aromatic nitrogens is 2. The van der Waals surface area contributed by atoms with Gasteiger partial charge in [0.1, 0.15) is 0 Å². The number of fused-ring (bicyclic) bond motifs is 1. The molecule has 0 unspecified atom stereocenters. The summed E-state index contributed by atoms with van der Waals surface area (Å²) in [4.78, 5) is 37.4. The molecule has 0 saturated carbocycles. The molecular weight excluding hydrogens is 370 g/mol. The van der Waals surface area contributed by atoms with Crippen molar-refractivity contribution in [2.45, 2.75) is 58.6 Å². The summed E-state index contributed by atoms with van der Waals surface area (Å²) < 4.78 is 6.57. The Balaban J connectivity index is 1.66. The first-order valence-electron chi connectivity index (χ1n) is 10.2. The third-order valence-corrected chi connectivity index (χ3v) is 5.14. The van der Waals surface area contributed by atoms with Gasteiger partial charge in [-0.1, -0.05) is 29.8 Å². The second-order valence-corrected chi connectivity index (χ2v) is 7.21. The summed E-state index contributed by atoms with van der Waals surface area (Å²) in [6.45, 7) is 4.16. The van der Waals surface area contributed by atoms with Crippen LogP contribution in [0.15, 0.2) is 40.7 Å². The van der Waals surface area contributed by atoms with E-state index in [0.717, 1.165) is 19.3 Å². The number of aryl methyl sites for hydroxylation is 1. The van der Waals surface area contributed by atoms with E-state index in [0.29, 0.717) is 23.9 Å². The first kappa shape index (κ1) is 20.8. The third-order valence-electron chi connectivity index (χ3n) is 5.14. The van der Waals surface area contributed by atoms with Gasteiger partial charge < -0.3 is 10.1 Å². The lowest BCUT2D eigenvalue weighted by Crippen LogP contribution is -2.37. The lowest BCUT2D eigenvalue weighted by Gasteiger charge is -2.16. The van der Waals surface area contributed by atoms with Crippen LogP contribution in [0.25, 0.3) is 10.8 Å². The molecule has 154 valence electrons. The number of rotatable bonds is 7. The Labute approximate surface area is 169 Å². The van der Waals surface area contributed by atoms with Crippen LogP contribution in [0.3, 0.4) is 0 Å². The number of hydrogen-bond donors (Lipinski definition) is 1. The predicted octanol–water partition coefficient (Wildman–Crippen LogP) is 2.97. The van der Waals surface area contributed by atoms with Crippen LogP contribution in [0.1, 0.15) is 56.4 Å². The standard InChI is InChI=1S/C22H27N3O4/c1-3-25-21(27)18-12-8-7-11-17(18)19(24-25)22(28)29-15(2)20(26)23-14-13-16-9-5-4-6-10-16/h7-9,11-12,15H,3-6,10,13-14H2,1-2H3,(H,23,26)/t15-/m0/s1. The molecule has 3 rings (SSSR count). The molecule has 1 amide bonds. The second kappa shape index (κ2) is 9.49. The van der Waals surface area contributed by atoms with E-state index >= 15 is 0 Å². The first-order chi connectivity index (χ1) is 14.0. The van der Waals surface area contributed by atoms with Crippen molar-refractivity contribution in [3.8, 4) is 0 Å². The smallest absolute Gasteiger partial charge is 0.360 e. The molecule has 7 nitrogen and oxygen atoms in total. The molecule has 1 atom stereocenters. The molecule has 0 spiro atoms. The number of carbonyl (C=O) groups excluding carboxylic acids is 2. The summed E-state index contributed by atoms with van der Waals surface area (Å²) in [6.07, 6.45) is 6.75. The molecule has 0 radical (unpaired) electrons. The highest BCUT2D eigenvalue weighted by atomic mass is 16.5. The molecule has 1 aliphatic carbocycles. The summed E-state index contributed by atoms with van der Waals surface area (Å²) in [5.74, 6) is -1.07. The number of carbonyl (C=O) groups is 2. The van der Waals surface area contributed by atoms with Gasteiger partial charge in [0.15, 0.2) is 11.8 Å². The van der Waals surface area contributed by atoms with Crippen LogP contribution >= 0.6 is 0 Å². The van der Waals surface area contributed by atoms with Gasteiger partial charge in [-0.25, -0.2) is 9.48 Å². The quantitative estimate of drug-likeness (QED) is 0.573. The van der Waals surface area contributed by atoms with Gasteiger partial charge in [0.05, 0.1) is 5.39 Å². The van der Waals surface area contributed by atoms with Gasteiger partial charge in [-0.3, -0.25) is 9.59 Å². The van der Waals surface area contributed by atoms with Crippen LogP contribution in [-0.2, 0) is 16.1 Å². The van der Waals surface area contributed by atoms with Crippen LogP contribution in [0.2, 0.25) is 0 Å². The number of hydrogen-bond acceptors (Lipinski definition) is 5. The molecule has 2 aromatic rings. The summed E-state index contributed by atoms with van der Waals surface area (Å²) in [6, 6.07) is 6.77. The Bertz CT molecular complexity index is 993.